The highest BCUT2D eigenvalue weighted by atomic mass is 16.5. The van der Waals surface area contributed by atoms with Crippen molar-refractivity contribution < 1.29 is 19.0 Å². The number of hydrogen-bond acceptors (Lipinski definition) is 5. The van der Waals surface area contributed by atoms with Crippen LogP contribution >= 0.6 is 0 Å². The zero-order chi connectivity index (χ0) is 26.0. The Labute approximate surface area is 217 Å². The Kier molecular flexibility index (Phi) is 8.60. The summed E-state index contributed by atoms with van der Waals surface area (Å²) in [5.41, 5.74) is 4.72. The van der Waals surface area contributed by atoms with Crippen molar-refractivity contribution in [2.24, 2.45) is 0 Å². The third-order valence-corrected chi connectivity index (χ3v) is 5.71. The molecular weight excluding hydrogens is 466 g/mol. The number of anilines is 1. The molecule has 0 spiro atoms. The van der Waals surface area contributed by atoms with Crippen LogP contribution in [-0.4, -0.2) is 22.8 Å². The molecule has 4 rings (SSSR count). The van der Waals surface area contributed by atoms with Gasteiger partial charge in [0.15, 0.2) is 6.73 Å². The minimum Gasteiger partial charge on any atom is -0.496 e. The zero-order valence-electron chi connectivity index (χ0n) is 21.3. The number of benzene rings is 3. The molecule has 1 N–H and O–H groups in total. The van der Waals surface area contributed by atoms with Crippen LogP contribution in [0.4, 0.5) is 5.69 Å². The Bertz CT molecular complexity index is 1360. The van der Waals surface area contributed by atoms with Gasteiger partial charge in [0, 0.05) is 11.6 Å². The molecule has 0 saturated heterocycles. The monoisotopic (exact) mass is 497 g/mol. The summed E-state index contributed by atoms with van der Waals surface area (Å²) < 4.78 is 18.8. The number of aromatic nitrogens is 2. The average Bonchev–Trinajstić information content (AvgIpc) is 3.37. The van der Waals surface area contributed by atoms with Gasteiger partial charge >= 0.3 is 0 Å². The first-order valence-corrected chi connectivity index (χ1v) is 12.1. The van der Waals surface area contributed by atoms with Crippen LogP contribution in [-0.2, 0) is 24.6 Å². The molecule has 0 aliphatic heterocycles. The van der Waals surface area contributed by atoms with Gasteiger partial charge in [-0.05, 0) is 72.5 Å². The summed E-state index contributed by atoms with van der Waals surface area (Å²) in [6, 6.07) is 21.6. The molecule has 0 bridgehead atoms. The fraction of sp³-hybridized carbons (Fsp3) is 0.200. The second kappa shape index (κ2) is 12.4. The lowest BCUT2D eigenvalue weighted by Crippen LogP contribution is -2.08. The van der Waals surface area contributed by atoms with Crippen LogP contribution in [0, 0.1) is 6.92 Å². The van der Waals surface area contributed by atoms with E-state index in [-0.39, 0.29) is 12.6 Å². The van der Waals surface area contributed by atoms with Gasteiger partial charge in [-0.1, -0.05) is 37.3 Å². The summed E-state index contributed by atoms with van der Waals surface area (Å²) in [7, 11) is 1.63. The summed E-state index contributed by atoms with van der Waals surface area (Å²) in [6.45, 7) is 4.73. The molecule has 4 aromatic rings. The van der Waals surface area contributed by atoms with Gasteiger partial charge in [0.1, 0.15) is 23.9 Å². The Balaban J connectivity index is 1.32. The maximum absolute atomic E-state index is 12.5. The molecule has 1 heterocycles. The topological polar surface area (TPSA) is 74.6 Å². The molecular formula is C30H31N3O4. The highest BCUT2D eigenvalue weighted by molar-refractivity contribution is 6.01. The number of nitrogens with one attached hydrogen (secondary N) is 1. The van der Waals surface area contributed by atoms with Gasteiger partial charge in [0.05, 0.1) is 25.2 Å². The first-order chi connectivity index (χ1) is 18.0. The minimum atomic E-state index is -0.260. The van der Waals surface area contributed by atoms with Gasteiger partial charge in [0.2, 0.25) is 5.91 Å². The van der Waals surface area contributed by atoms with Crippen molar-refractivity contribution in [2.45, 2.75) is 33.6 Å². The van der Waals surface area contributed by atoms with Crippen LogP contribution < -0.4 is 19.5 Å². The number of amides is 1. The molecule has 1 amide bonds. The normalized spacial score (nSPS) is 10.9. The Morgan fingerprint density at radius 1 is 1.03 bits per heavy atom. The lowest BCUT2D eigenvalue weighted by atomic mass is 10.1. The van der Waals surface area contributed by atoms with Crippen LogP contribution in [0.3, 0.4) is 0 Å². The fourth-order valence-electron chi connectivity index (χ4n) is 3.70. The van der Waals surface area contributed by atoms with Gasteiger partial charge in [-0.25, -0.2) is 4.68 Å². The van der Waals surface area contributed by atoms with Crippen molar-refractivity contribution >= 4 is 17.7 Å². The van der Waals surface area contributed by atoms with Crippen LogP contribution in [0.1, 0.15) is 29.2 Å². The average molecular weight is 498 g/mol. The van der Waals surface area contributed by atoms with E-state index in [9.17, 15) is 4.79 Å². The van der Waals surface area contributed by atoms with Crippen LogP contribution in [0.25, 0.3) is 6.08 Å². The molecule has 7 nitrogen and oxygen atoms in total. The molecule has 1 aromatic heterocycles. The van der Waals surface area contributed by atoms with E-state index >= 15 is 0 Å². The summed E-state index contributed by atoms with van der Waals surface area (Å²) in [5.74, 6) is 2.03. The molecule has 7 heteroatoms. The van der Waals surface area contributed by atoms with E-state index in [4.69, 9.17) is 14.2 Å². The fourth-order valence-corrected chi connectivity index (χ4v) is 3.70. The summed E-state index contributed by atoms with van der Waals surface area (Å²) in [6.07, 6.45) is 7.53. The van der Waals surface area contributed by atoms with Crippen molar-refractivity contribution in [2.75, 3.05) is 12.4 Å². The molecule has 0 saturated carbocycles. The Morgan fingerprint density at radius 3 is 2.62 bits per heavy atom. The van der Waals surface area contributed by atoms with Crippen molar-refractivity contribution in [3.05, 3.63) is 107 Å². The summed E-state index contributed by atoms with van der Waals surface area (Å²) in [5, 5.41) is 7.06. The highest BCUT2D eigenvalue weighted by Crippen LogP contribution is 2.23. The summed E-state index contributed by atoms with van der Waals surface area (Å²) >= 11 is 0. The van der Waals surface area contributed by atoms with Crippen LogP contribution in [0.15, 0.2) is 85.2 Å². The van der Waals surface area contributed by atoms with E-state index in [2.05, 4.69) is 17.3 Å². The van der Waals surface area contributed by atoms with E-state index in [1.807, 2.05) is 73.7 Å². The second-order valence-corrected chi connectivity index (χ2v) is 8.54. The van der Waals surface area contributed by atoms with Gasteiger partial charge in [0.25, 0.3) is 0 Å². The number of carbonyl (C=O) groups excluding carboxylic acids is 1. The predicted molar refractivity (Wildman–Crippen MR) is 145 cm³/mol. The van der Waals surface area contributed by atoms with Crippen molar-refractivity contribution in [1.82, 2.24) is 9.78 Å². The minimum absolute atomic E-state index is 0.246. The molecule has 0 aliphatic carbocycles. The first-order valence-electron chi connectivity index (χ1n) is 12.1. The number of carbonyl (C=O) groups is 1. The van der Waals surface area contributed by atoms with Crippen LogP contribution in [0.2, 0.25) is 0 Å². The Hall–Kier alpha value is -4.52. The van der Waals surface area contributed by atoms with E-state index < -0.39 is 0 Å². The van der Waals surface area contributed by atoms with Gasteiger partial charge in [-0.2, -0.15) is 5.10 Å². The maximum Gasteiger partial charge on any atom is 0.248 e. The Morgan fingerprint density at radius 2 is 1.86 bits per heavy atom. The molecule has 37 heavy (non-hydrogen) atoms. The van der Waals surface area contributed by atoms with Crippen LogP contribution in [0.5, 0.6) is 17.2 Å². The standard InChI is InChI=1S/C30H31N3O4/c1-4-23-8-12-27(13-9-23)37-21-33-19-26(18-31-33)32-30(34)15-11-24-10-14-29(35-3)25(17-24)20-36-28-7-5-6-22(2)16-28/h5-19H,4,20-21H2,1-3H3,(H,32,34)/b15-11+. The lowest BCUT2D eigenvalue weighted by Gasteiger charge is -2.11. The third kappa shape index (κ3) is 7.48. The van der Waals surface area contributed by atoms with E-state index in [0.29, 0.717) is 12.3 Å². The lowest BCUT2D eigenvalue weighted by molar-refractivity contribution is -0.111. The number of rotatable bonds is 11. The van der Waals surface area contributed by atoms with E-state index in [1.165, 1.54) is 11.6 Å². The first kappa shape index (κ1) is 25.6. The number of hydrogen-bond donors (Lipinski definition) is 1. The third-order valence-electron chi connectivity index (χ3n) is 5.71. The number of nitrogens with zero attached hydrogens (tertiary/aromatic N) is 2. The quantitative estimate of drug-likeness (QED) is 0.256. The number of aryl methyl sites for hydroxylation is 2. The highest BCUT2D eigenvalue weighted by Gasteiger charge is 2.07. The smallest absolute Gasteiger partial charge is 0.248 e. The number of ether oxygens (including phenoxy) is 3. The SMILES string of the molecule is CCc1ccc(OCn2cc(NC(=O)/C=C/c3ccc(OC)c(COc4cccc(C)c4)c3)cn2)cc1. The van der Waals surface area contributed by atoms with Gasteiger partial charge in [-0.15, -0.1) is 0 Å². The van der Waals surface area contributed by atoms with Crippen molar-refractivity contribution in [3.63, 3.8) is 0 Å². The van der Waals surface area contributed by atoms with E-state index in [1.54, 1.807) is 30.3 Å². The van der Waals surface area contributed by atoms with Gasteiger partial charge < -0.3 is 19.5 Å². The molecule has 3 aromatic carbocycles. The summed E-state index contributed by atoms with van der Waals surface area (Å²) in [4.78, 5) is 12.5. The van der Waals surface area contributed by atoms with Crippen molar-refractivity contribution in [3.8, 4) is 17.2 Å². The molecule has 0 unspecified atom stereocenters. The number of methoxy groups -OCH3 is 1. The maximum atomic E-state index is 12.5. The second-order valence-electron chi connectivity index (χ2n) is 8.54. The van der Waals surface area contributed by atoms with Crippen molar-refractivity contribution in [1.29, 1.82) is 0 Å². The molecule has 190 valence electrons. The van der Waals surface area contributed by atoms with E-state index in [0.717, 1.165) is 40.4 Å². The molecule has 0 aliphatic rings. The van der Waals surface area contributed by atoms with Gasteiger partial charge in [-0.3, -0.25) is 4.79 Å². The predicted octanol–water partition coefficient (Wildman–Crippen LogP) is 6.03. The zero-order valence-corrected chi connectivity index (χ0v) is 21.3. The largest absolute Gasteiger partial charge is 0.496 e. The molecule has 0 atom stereocenters. The molecule has 0 fully saturated rings. The molecule has 0 radical (unpaired) electrons.